The van der Waals surface area contributed by atoms with Crippen molar-refractivity contribution >= 4 is 28.3 Å². The lowest BCUT2D eigenvalue weighted by Gasteiger charge is -2.06. The Balaban J connectivity index is 1.82. The van der Waals surface area contributed by atoms with E-state index in [1.807, 2.05) is 12.1 Å². The summed E-state index contributed by atoms with van der Waals surface area (Å²) >= 11 is 5.81. The molecule has 21 heavy (non-hydrogen) atoms. The second-order valence-corrected chi connectivity index (χ2v) is 4.89. The summed E-state index contributed by atoms with van der Waals surface area (Å²) in [6.07, 6.45) is 1.13. The zero-order chi connectivity index (χ0) is 14.8. The molecule has 2 aromatic carbocycles. The summed E-state index contributed by atoms with van der Waals surface area (Å²) in [5.41, 5.74) is 1.35. The molecule has 3 aromatic rings. The van der Waals surface area contributed by atoms with Crippen LogP contribution in [0.2, 0.25) is 5.02 Å². The number of nitrogens with zero attached hydrogens (tertiary/aromatic N) is 1. The van der Waals surface area contributed by atoms with Crippen LogP contribution >= 0.6 is 11.6 Å². The summed E-state index contributed by atoms with van der Waals surface area (Å²) in [6, 6.07) is 12.3. The second kappa shape index (κ2) is 5.46. The van der Waals surface area contributed by atoms with Gasteiger partial charge >= 0.3 is 5.69 Å². The highest BCUT2D eigenvalue weighted by molar-refractivity contribution is 6.30. The molecule has 0 aliphatic heterocycles. The Labute approximate surface area is 124 Å². The van der Waals surface area contributed by atoms with E-state index in [1.165, 1.54) is 0 Å². The fourth-order valence-electron chi connectivity index (χ4n) is 1.97. The first-order chi connectivity index (χ1) is 10.1. The molecule has 0 aliphatic carbocycles. The Morgan fingerprint density at radius 1 is 1.19 bits per heavy atom. The van der Waals surface area contributed by atoms with Crippen LogP contribution in [0.1, 0.15) is 5.56 Å². The number of fused-ring (bicyclic) bond motifs is 1. The van der Waals surface area contributed by atoms with Crippen molar-refractivity contribution in [3.8, 4) is 5.75 Å². The number of benzene rings is 2. The summed E-state index contributed by atoms with van der Waals surface area (Å²) in [4.78, 5) is 10.4. The van der Waals surface area contributed by atoms with Gasteiger partial charge in [-0.05, 0) is 35.9 Å². The van der Waals surface area contributed by atoms with E-state index in [-0.39, 0.29) is 5.69 Å². The normalized spacial score (nSPS) is 10.7. The molecule has 6 heteroatoms. The van der Waals surface area contributed by atoms with Crippen LogP contribution in [0.15, 0.2) is 53.1 Å². The molecule has 0 bridgehead atoms. The van der Waals surface area contributed by atoms with Gasteiger partial charge in [-0.15, -0.1) is 0 Å². The van der Waals surface area contributed by atoms with Crippen LogP contribution in [0.4, 0.5) is 5.69 Å². The van der Waals surface area contributed by atoms with E-state index in [2.05, 4.69) is 0 Å². The third-order valence-corrected chi connectivity index (χ3v) is 3.29. The van der Waals surface area contributed by atoms with Gasteiger partial charge in [-0.1, -0.05) is 23.7 Å². The van der Waals surface area contributed by atoms with E-state index in [0.717, 1.165) is 11.8 Å². The van der Waals surface area contributed by atoms with E-state index in [1.54, 1.807) is 30.3 Å². The van der Waals surface area contributed by atoms with Crippen LogP contribution in [0, 0.1) is 10.1 Å². The summed E-state index contributed by atoms with van der Waals surface area (Å²) in [5.74, 6) is 0.543. The summed E-state index contributed by atoms with van der Waals surface area (Å²) < 4.78 is 10.8. The van der Waals surface area contributed by atoms with Crippen LogP contribution < -0.4 is 4.74 Å². The van der Waals surface area contributed by atoms with Crippen LogP contribution in [0.25, 0.3) is 11.0 Å². The fourth-order valence-corrected chi connectivity index (χ4v) is 2.10. The first kappa shape index (κ1) is 13.5. The number of nitro groups is 1. The monoisotopic (exact) mass is 303 g/mol. The maximum atomic E-state index is 10.9. The van der Waals surface area contributed by atoms with E-state index in [0.29, 0.717) is 28.3 Å². The molecular formula is C15H10ClNO4. The van der Waals surface area contributed by atoms with E-state index >= 15 is 0 Å². The quantitative estimate of drug-likeness (QED) is 0.523. The zero-order valence-electron chi connectivity index (χ0n) is 10.8. The van der Waals surface area contributed by atoms with Gasteiger partial charge in [0.15, 0.2) is 6.26 Å². The van der Waals surface area contributed by atoms with Crippen molar-refractivity contribution in [3.63, 3.8) is 0 Å². The molecule has 0 saturated carbocycles. The summed E-state index contributed by atoms with van der Waals surface area (Å²) in [7, 11) is 0. The van der Waals surface area contributed by atoms with Crippen LogP contribution in [0.5, 0.6) is 5.75 Å². The number of halogens is 1. The molecule has 3 rings (SSSR count). The minimum Gasteiger partial charge on any atom is -0.489 e. The van der Waals surface area contributed by atoms with Gasteiger partial charge in [0, 0.05) is 5.02 Å². The SMILES string of the molecule is O=[N+]([O-])c1coc2ccc(OCc3ccc(Cl)cc3)cc12. The number of rotatable bonds is 4. The highest BCUT2D eigenvalue weighted by Crippen LogP contribution is 2.31. The first-order valence-corrected chi connectivity index (χ1v) is 6.54. The Bertz CT molecular complexity index is 795. The van der Waals surface area contributed by atoms with Crippen molar-refractivity contribution in [2.75, 3.05) is 0 Å². The average molecular weight is 304 g/mol. The minimum atomic E-state index is -0.477. The molecule has 0 saturated heterocycles. The molecule has 0 N–H and O–H groups in total. The Hall–Kier alpha value is -2.53. The first-order valence-electron chi connectivity index (χ1n) is 6.16. The maximum Gasteiger partial charge on any atom is 0.315 e. The third-order valence-electron chi connectivity index (χ3n) is 3.04. The van der Waals surface area contributed by atoms with Crippen molar-refractivity contribution in [1.82, 2.24) is 0 Å². The Kier molecular flexibility index (Phi) is 3.50. The van der Waals surface area contributed by atoms with Gasteiger partial charge < -0.3 is 9.15 Å². The molecule has 0 unspecified atom stereocenters. The average Bonchev–Trinajstić information content (AvgIpc) is 2.90. The molecule has 5 nitrogen and oxygen atoms in total. The number of furan rings is 1. The molecule has 0 atom stereocenters. The molecule has 0 fully saturated rings. The van der Waals surface area contributed by atoms with Gasteiger partial charge in [0.25, 0.3) is 0 Å². The van der Waals surface area contributed by atoms with Crippen molar-refractivity contribution in [1.29, 1.82) is 0 Å². The predicted octanol–water partition coefficient (Wildman–Crippen LogP) is 4.57. The molecule has 0 spiro atoms. The number of ether oxygens (including phenoxy) is 1. The molecule has 1 aromatic heterocycles. The molecular weight excluding hydrogens is 294 g/mol. The Morgan fingerprint density at radius 2 is 1.95 bits per heavy atom. The third kappa shape index (κ3) is 2.83. The lowest BCUT2D eigenvalue weighted by atomic mass is 10.2. The Morgan fingerprint density at radius 3 is 2.67 bits per heavy atom. The summed E-state index contributed by atoms with van der Waals surface area (Å²) in [6.45, 7) is 0.355. The van der Waals surface area contributed by atoms with Crippen molar-refractivity contribution < 1.29 is 14.1 Å². The van der Waals surface area contributed by atoms with Gasteiger partial charge in [0.05, 0.1) is 4.92 Å². The smallest absolute Gasteiger partial charge is 0.315 e. The predicted molar refractivity (Wildman–Crippen MR) is 78.7 cm³/mol. The topological polar surface area (TPSA) is 65.5 Å². The van der Waals surface area contributed by atoms with Gasteiger partial charge in [0.1, 0.15) is 23.3 Å². The van der Waals surface area contributed by atoms with E-state index in [4.69, 9.17) is 20.8 Å². The number of hydrogen-bond donors (Lipinski definition) is 0. The van der Waals surface area contributed by atoms with Crippen molar-refractivity contribution in [2.45, 2.75) is 6.61 Å². The van der Waals surface area contributed by atoms with E-state index < -0.39 is 4.92 Å². The molecule has 1 heterocycles. The number of hydrogen-bond acceptors (Lipinski definition) is 4. The highest BCUT2D eigenvalue weighted by Gasteiger charge is 2.16. The van der Waals surface area contributed by atoms with Gasteiger partial charge in [-0.3, -0.25) is 10.1 Å². The molecule has 106 valence electrons. The molecule has 0 amide bonds. The molecule has 0 aliphatic rings. The standard InChI is InChI=1S/C15H10ClNO4/c16-11-3-1-10(2-4-11)8-20-12-5-6-15-13(7-12)14(9-21-15)17(18)19/h1-7,9H,8H2. The fraction of sp³-hybridized carbons (Fsp3) is 0.0667. The van der Waals surface area contributed by atoms with Crippen LogP contribution in [-0.2, 0) is 6.61 Å². The zero-order valence-corrected chi connectivity index (χ0v) is 11.5. The van der Waals surface area contributed by atoms with Gasteiger partial charge in [-0.2, -0.15) is 0 Å². The minimum absolute atomic E-state index is 0.0676. The highest BCUT2D eigenvalue weighted by atomic mass is 35.5. The largest absolute Gasteiger partial charge is 0.489 e. The lowest BCUT2D eigenvalue weighted by Crippen LogP contribution is -1.95. The van der Waals surface area contributed by atoms with E-state index in [9.17, 15) is 10.1 Å². The second-order valence-electron chi connectivity index (χ2n) is 4.45. The van der Waals surface area contributed by atoms with Crippen LogP contribution in [0.3, 0.4) is 0 Å². The van der Waals surface area contributed by atoms with Crippen molar-refractivity contribution in [2.24, 2.45) is 0 Å². The van der Waals surface area contributed by atoms with Crippen molar-refractivity contribution in [3.05, 3.63) is 69.4 Å². The van der Waals surface area contributed by atoms with Gasteiger partial charge in [0.2, 0.25) is 0 Å². The summed E-state index contributed by atoms with van der Waals surface area (Å²) in [5, 5.41) is 12.0. The maximum absolute atomic E-state index is 10.9. The lowest BCUT2D eigenvalue weighted by molar-refractivity contribution is -0.383. The molecule has 0 radical (unpaired) electrons. The van der Waals surface area contributed by atoms with Crippen LogP contribution in [-0.4, -0.2) is 4.92 Å². The van der Waals surface area contributed by atoms with Gasteiger partial charge in [-0.25, -0.2) is 0 Å².